The maximum Gasteiger partial charge on any atom is 0.337 e. The van der Waals surface area contributed by atoms with E-state index in [2.05, 4.69) is 4.74 Å². The number of esters is 1. The molecule has 0 radical (unpaired) electrons. The quantitative estimate of drug-likeness (QED) is 0.567. The molecule has 23 heavy (non-hydrogen) atoms. The number of rotatable bonds is 4. The van der Waals surface area contributed by atoms with Gasteiger partial charge in [0.15, 0.2) is 5.60 Å². The molecule has 1 aliphatic carbocycles. The molecule has 1 heterocycles. The molecule has 6 atom stereocenters. The Morgan fingerprint density at radius 2 is 1.70 bits per heavy atom. The van der Waals surface area contributed by atoms with E-state index in [1.165, 1.54) is 21.3 Å². The van der Waals surface area contributed by atoms with Gasteiger partial charge in [0.05, 0.1) is 19.3 Å². The average molecular weight is 332 g/mol. The number of hydrogen-bond acceptors (Lipinski definition) is 8. The molecule has 1 aliphatic heterocycles. The molecule has 0 aromatic carbocycles. The van der Waals surface area contributed by atoms with Crippen LogP contribution in [0.1, 0.15) is 26.7 Å². The lowest BCUT2D eigenvalue weighted by atomic mass is 9.74. The zero-order chi connectivity index (χ0) is 17.5. The Labute approximate surface area is 135 Å². The first-order chi connectivity index (χ1) is 10.7. The molecular weight excluding hydrogens is 308 g/mol. The second-order valence-corrected chi connectivity index (χ2v) is 6.27. The topological polar surface area (TPSA) is 101 Å². The van der Waals surface area contributed by atoms with Crippen molar-refractivity contribution in [3.63, 3.8) is 0 Å². The first-order valence-corrected chi connectivity index (χ1v) is 7.40. The van der Waals surface area contributed by atoms with Gasteiger partial charge in [0, 0.05) is 26.6 Å². The van der Waals surface area contributed by atoms with Crippen molar-refractivity contribution in [2.45, 2.75) is 56.1 Å². The zero-order valence-electron chi connectivity index (χ0n) is 14.0. The van der Waals surface area contributed by atoms with Crippen LogP contribution in [0.4, 0.5) is 0 Å². The van der Waals surface area contributed by atoms with Crippen LogP contribution in [0.3, 0.4) is 0 Å². The molecule has 1 N–H and O–H groups in total. The van der Waals surface area contributed by atoms with Crippen molar-refractivity contribution >= 4 is 12.3 Å². The van der Waals surface area contributed by atoms with Crippen LogP contribution in [0.25, 0.3) is 0 Å². The number of methoxy groups -OCH3 is 3. The molecule has 0 unspecified atom stereocenters. The number of aldehydes is 1. The van der Waals surface area contributed by atoms with Gasteiger partial charge in [0.2, 0.25) is 11.6 Å². The smallest absolute Gasteiger partial charge is 0.337 e. The number of aliphatic hydroxyl groups is 1. The van der Waals surface area contributed by atoms with E-state index < -0.39 is 41.3 Å². The van der Waals surface area contributed by atoms with E-state index in [9.17, 15) is 14.7 Å². The Balaban J connectivity index is 2.36. The van der Waals surface area contributed by atoms with Crippen molar-refractivity contribution in [3.05, 3.63) is 0 Å². The summed E-state index contributed by atoms with van der Waals surface area (Å²) in [6.45, 7) is 3.28. The molecule has 0 amide bonds. The number of carbonyl (C=O) groups is 2. The fourth-order valence-electron chi connectivity index (χ4n) is 3.30. The molecule has 8 heteroatoms. The van der Waals surface area contributed by atoms with Gasteiger partial charge in [-0.25, -0.2) is 4.79 Å². The minimum absolute atomic E-state index is 0.0621. The fourth-order valence-corrected chi connectivity index (χ4v) is 3.30. The summed E-state index contributed by atoms with van der Waals surface area (Å²) in [4.78, 5) is 23.4. The summed E-state index contributed by atoms with van der Waals surface area (Å²) in [6, 6.07) is 0. The van der Waals surface area contributed by atoms with Crippen molar-refractivity contribution < 1.29 is 38.4 Å². The zero-order valence-corrected chi connectivity index (χ0v) is 14.0. The van der Waals surface area contributed by atoms with Crippen LogP contribution in [0, 0.1) is 5.92 Å². The SMILES string of the molecule is COC(=O)[C@]1(O)C[C@@H](C=O)[C@H]2O[C@](C)(OC)[C@@](C)(OC)O[C@@H]2C1. The second-order valence-electron chi connectivity index (χ2n) is 6.27. The second kappa shape index (κ2) is 6.10. The van der Waals surface area contributed by atoms with Gasteiger partial charge in [-0.3, -0.25) is 0 Å². The highest BCUT2D eigenvalue weighted by Crippen LogP contribution is 2.46. The van der Waals surface area contributed by atoms with Gasteiger partial charge >= 0.3 is 5.97 Å². The molecular formula is C15H24O8. The predicted molar refractivity (Wildman–Crippen MR) is 76.3 cm³/mol. The summed E-state index contributed by atoms with van der Waals surface area (Å²) in [5, 5.41) is 10.6. The highest BCUT2D eigenvalue weighted by atomic mass is 16.8. The van der Waals surface area contributed by atoms with Crippen LogP contribution >= 0.6 is 0 Å². The summed E-state index contributed by atoms with van der Waals surface area (Å²) in [5.41, 5.74) is -1.81. The standard InChI is InChI=1S/C15H24O8/c1-13(20-4)14(2,21-5)23-11-9(8-16)6-15(18,12(17)19-3)7-10(11)22-13/h8-11,18H,6-7H2,1-5H3/t9-,10+,11+,13-,14-,15-/m0/s1. The number of ether oxygens (including phenoxy) is 5. The van der Waals surface area contributed by atoms with Gasteiger partial charge in [-0.1, -0.05) is 0 Å². The third-order valence-corrected chi connectivity index (χ3v) is 4.98. The molecule has 1 saturated heterocycles. The molecule has 0 aromatic heterocycles. The Hall–Kier alpha value is -1.06. The number of carbonyl (C=O) groups excluding carboxylic acids is 2. The van der Waals surface area contributed by atoms with Gasteiger partial charge < -0.3 is 33.6 Å². The van der Waals surface area contributed by atoms with E-state index in [1.807, 2.05) is 0 Å². The first kappa shape index (κ1) is 18.3. The molecule has 0 aromatic rings. The van der Waals surface area contributed by atoms with Crippen LogP contribution in [-0.2, 0) is 33.3 Å². The summed E-state index contributed by atoms with van der Waals surface area (Å²) < 4.78 is 27.4. The minimum atomic E-state index is -1.81. The first-order valence-electron chi connectivity index (χ1n) is 7.40. The highest BCUT2D eigenvalue weighted by Gasteiger charge is 2.62. The van der Waals surface area contributed by atoms with E-state index in [0.29, 0.717) is 6.29 Å². The average Bonchev–Trinajstić information content (AvgIpc) is 2.54. The summed E-state index contributed by atoms with van der Waals surface area (Å²) in [7, 11) is 4.07. The maximum absolute atomic E-state index is 11.9. The van der Waals surface area contributed by atoms with Crippen LogP contribution in [-0.4, -0.2) is 68.1 Å². The lowest BCUT2D eigenvalue weighted by molar-refractivity contribution is -0.457. The molecule has 0 spiro atoms. The van der Waals surface area contributed by atoms with Crippen molar-refractivity contribution in [1.82, 2.24) is 0 Å². The highest BCUT2D eigenvalue weighted by molar-refractivity contribution is 5.80. The number of hydrogen-bond donors (Lipinski definition) is 1. The third-order valence-electron chi connectivity index (χ3n) is 4.98. The molecule has 132 valence electrons. The number of fused-ring (bicyclic) bond motifs is 1. The van der Waals surface area contributed by atoms with E-state index in [1.54, 1.807) is 13.8 Å². The molecule has 1 saturated carbocycles. The molecule has 2 fully saturated rings. The van der Waals surface area contributed by atoms with E-state index in [4.69, 9.17) is 18.9 Å². The van der Waals surface area contributed by atoms with Crippen LogP contribution in [0.15, 0.2) is 0 Å². The lowest BCUT2D eigenvalue weighted by Gasteiger charge is -2.55. The van der Waals surface area contributed by atoms with Gasteiger partial charge in [-0.2, -0.15) is 0 Å². The van der Waals surface area contributed by atoms with Gasteiger partial charge in [0.1, 0.15) is 6.29 Å². The summed E-state index contributed by atoms with van der Waals surface area (Å²) >= 11 is 0. The Kier molecular flexibility index (Phi) is 4.85. The van der Waals surface area contributed by atoms with E-state index in [0.717, 1.165) is 0 Å². The summed E-state index contributed by atoms with van der Waals surface area (Å²) in [6.07, 6.45) is -0.897. The molecule has 2 aliphatic rings. The van der Waals surface area contributed by atoms with E-state index in [-0.39, 0.29) is 12.8 Å². The molecule has 2 rings (SSSR count). The van der Waals surface area contributed by atoms with Gasteiger partial charge in [-0.05, 0) is 20.3 Å². The van der Waals surface area contributed by atoms with Crippen LogP contribution in [0.5, 0.6) is 0 Å². The molecule has 0 bridgehead atoms. The van der Waals surface area contributed by atoms with Crippen molar-refractivity contribution in [2.24, 2.45) is 5.92 Å². The van der Waals surface area contributed by atoms with Gasteiger partial charge in [-0.15, -0.1) is 0 Å². The Morgan fingerprint density at radius 3 is 2.17 bits per heavy atom. The summed E-state index contributed by atoms with van der Waals surface area (Å²) in [5.74, 6) is -4.06. The predicted octanol–water partition coefficient (Wildman–Crippen LogP) is 0.00860. The van der Waals surface area contributed by atoms with E-state index >= 15 is 0 Å². The largest absolute Gasteiger partial charge is 0.467 e. The van der Waals surface area contributed by atoms with Crippen LogP contribution < -0.4 is 0 Å². The molecule has 8 nitrogen and oxygen atoms in total. The van der Waals surface area contributed by atoms with Crippen molar-refractivity contribution in [2.75, 3.05) is 21.3 Å². The normalized spacial score (nSPS) is 46.8. The monoisotopic (exact) mass is 332 g/mol. The van der Waals surface area contributed by atoms with Crippen molar-refractivity contribution in [1.29, 1.82) is 0 Å². The maximum atomic E-state index is 11.9. The lowest BCUT2D eigenvalue weighted by Crippen LogP contribution is -2.69. The van der Waals surface area contributed by atoms with Gasteiger partial charge in [0.25, 0.3) is 0 Å². The van der Waals surface area contributed by atoms with Crippen molar-refractivity contribution in [3.8, 4) is 0 Å². The third kappa shape index (κ3) is 2.78. The Morgan fingerprint density at radius 1 is 1.13 bits per heavy atom. The van der Waals surface area contributed by atoms with Crippen LogP contribution in [0.2, 0.25) is 0 Å². The Bertz CT molecular complexity index is 482. The fraction of sp³-hybridized carbons (Fsp3) is 0.867. The minimum Gasteiger partial charge on any atom is -0.467 e.